The van der Waals surface area contributed by atoms with Crippen LogP contribution in [0, 0.1) is 13.8 Å². The van der Waals surface area contributed by atoms with Crippen LogP contribution >= 0.6 is 11.5 Å². The second kappa shape index (κ2) is 5.66. The van der Waals surface area contributed by atoms with Crippen LogP contribution in [-0.4, -0.2) is 8.94 Å². The summed E-state index contributed by atoms with van der Waals surface area (Å²) < 4.78 is 2.06. The topological polar surface area (TPSA) is 30.2 Å². The number of hydrogen-bond donors (Lipinski definition) is 0. The highest BCUT2D eigenvalue weighted by Gasteiger charge is 2.06. The van der Waals surface area contributed by atoms with E-state index in [-0.39, 0.29) is 0 Å². The molecule has 1 aromatic heterocycles. The Morgan fingerprint density at radius 3 is 2.29 bits per heavy atom. The van der Waals surface area contributed by atoms with Crippen LogP contribution < -0.4 is 4.80 Å². The Morgan fingerprint density at radius 1 is 0.952 bits per heavy atom. The molecule has 106 valence electrons. The van der Waals surface area contributed by atoms with Gasteiger partial charge in [-0.3, -0.25) is 3.96 Å². The lowest BCUT2D eigenvalue weighted by atomic mass is 10.1. The van der Waals surface area contributed by atoms with E-state index in [1.54, 1.807) is 11.5 Å². The van der Waals surface area contributed by atoms with E-state index in [2.05, 4.69) is 53.1 Å². The van der Waals surface area contributed by atoms with Gasteiger partial charge in [-0.1, -0.05) is 48.5 Å². The maximum Gasteiger partial charge on any atom is 0.227 e. The van der Waals surface area contributed by atoms with Crippen LogP contribution in [0.4, 0.5) is 5.69 Å². The zero-order valence-electron chi connectivity index (χ0n) is 12.4. The molecule has 0 unspecified atom stereocenters. The molecule has 0 atom stereocenters. The number of benzene rings is 2. The highest BCUT2D eigenvalue weighted by Crippen LogP contribution is 2.23. The van der Waals surface area contributed by atoms with Gasteiger partial charge in [0.2, 0.25) is 4.80 Å². The molecule has 4 heteroatoms. The number of hydrogen-bond acceptors (Lipinski definition) is 3. The van der Waals surface area contributed by atoms with Crippen molar-refractivity contribution in [2.24, 2.45) is 12.0 Å². The molecule has 2 aromatic carbocycles. The minimum atomic E-state index is 0.786. The third-order valence-electron chi connectivity index (χ3n) is 3.40. The molecule has 3 rings (SSSR count). The predicted molar refractivity (Wildman–Crippen MR) is 87.7 cm³/mol. The van der Waals surface area contributed by atoms with Crippen LogP contribution in [0.2, 0.25) is 0 Å². The van der Waals surface area contributed by atoms with E-state index in [4.69, 9.17) is 4.99 Å². The maximum absolute atomic E-state index is 4.73. The van der Waals surface area contributed by atoms with Gasteiger partial charge < -0.3 is 0 Å². The average molecular weight is 295 g/mol. The average Bonchev–Trinajstić information content (AvgIpc) is 2.85. The summed E-state index contributed by atoms with van der Waals surface area (Å²) in [5, 5.41) is 0. The van der Waals surface area contributed by atoms with Gasteiger partial charge in [0.1, 0.15) is 0 Å². The molecule has 0 radical (unpaired) electrons. The molecular weight excluding hydrogens is 278 g/mol. The SMILES string of the molecule is Cc1cccc(C)c1N=c1nc(-c2ccccc2)n(C)s1. The first-order chi connectivity index (χ1) is 10.1. The molecule has 0 N–H and O–H groups in total. The van der Waals surface area contributed by atoms with Crippen LogP contribution in [0.1, 0.15) is 11.1 Å². The Labute approximate surface area is 128 Å². The molecule has 3 aromatic rings. The molecule has 0 bridgehead atoms. The molecule has 0 saturated carbocycles. The molecule has 0 spiro atoms. The van der Waals surface area contributed by atoms with E-state index < -0.39 is 0 Å². The number of nitrogens with zero attached hydrogens (tertiary/aromatic N) is 3. The minimum absolute atomic E-state index is 0.786. The molecule has 21 heavy (non-hydrogen) atoms. The quantitative estimate of drug-likeness (QED) is 0.703. The van der Waals surface area contributed by atoms with Crippen molar-refractivity contribution in [3.05, 3.63) is 64.5 Å². The minimum Gasteiger partial charge on any atom is -0.281 e. The van der Waals surface area contributed by atoms with Gasteiger partial charge in [0.15, 0.2) is 5.82 Å². The molecule has 0 saturated heterocycles. The fourth-order valence-electron chi connectivity index (χ4n) is 2.30. The summed E-state index contributed by atoms with van der Waals surface area (Å²) in [5.41, 5.74) is 4.48. The van der Waals surface area contributed by atoms with Crippen molar-refractivity contribution in [1.82, 2.24) is 8.94 Å². The van der Waals surface area contributed by atoms with Gasteiger partial charge in [-0.25, -0.2) is 4.99 Å². The van der Waals surface area contributed by atoms with E-state index in [9.17, 15) is 0 Å². The first kappa shape index (κ1) is 13.8. The molecule has 0 aliphatic carbocycles. The molecule has 0 fully saturated rings. The van der Waals surface area contributed by atoms with E-state index in [0.29, 0.717) is 0 Å². The van der Waals surface area contributed by atoms with Crippen molar-refractivity contribution in [3.8, 4) is 11.4 Å². The molecule has 0 amide bonds. The van der Waals surface area contributed by atoms with Gasteiger partial charge in [0.25, 0.3) is 0 Å². The van der Waals surface area contributed by atoms with E-state index in [0.717, 1.165) is 21.9 Å². The Balaban J connectivity index is 2.11. The Bertz CT molecular complexity index is 808. The Kier molecular flexibility index (Phi) is 3.71. The summed E-state index contributed by atoms with van der Waals surface area (Å²) in [6, 6.07) is 16.4. The van der Waals surface area contributed by atoms with E-state index >= 15 is 0 Å². The third kappa shape index (κ3) is 2.81. The molecular formula is C17H17N3S. The van der Waals surface area contributed by atoms with E-state index in [1.165, 1.54) is 11.1 Å². The Hall–Kier alpha value is -2.20. The summed E-state index contributed by atoms with van der Waals surface area (Å²) in [4.78, 5) is 10.2. The summed E-state index contributed by atoms with van der Waals surface area (Å²) in [5.74, 6) is 0.950. The fraction of sp³-hybridized carbons (Fsp3) is 0.176. The van der Waals surface area contributed by atoms with Gasteiger partial charge in [0.05, 0.1) is 5.69 Å². The number of para-hydroxylation sites is 1. The van der Waals surface area contributed by atoms with Gasteiger partial charge >= 0.3 is 0 Å². The fourth-order valence-corrected chi connectivity index (χ4v) is 3.04. The molecule has 1 heterocycles. The summed E-state index contributed by atoms with van der Waals surface area (Å²) in [7, 11) is 2.02. The van der Waals surface area contributed by atoms with Crippen LogP contribution in [0.25, 0.3) is 11.4 Å². The van der Waals surface area contributed by atoms with Gasteiger partial charge in [0, 0.05) is 12.6 Å². The molecule has 0 aliphatic heterocycles. The van der Waals surface area contributed by atoms with Crippen molar-refractivity contribution < 1.29 is 0 Å². The van der Waals surface area contributed by atoms with Crippen LogP contribution in [0.5, 0.6) is 0 Å². The normalized spacial score (nSPS) is 11.9. The summed E-state index contributed by atoms with van der Waals surface area (Å²) in [6.45, 7) is 4.16. The highest BCUT2D eigenvalue weighted by atomic mass is 32.1. The van der Waals surface area contributed by atoms with Crippen LogP contribution in [-0.2, 0) is 7.05 Å². The smallest absolute Gasteiger partial charge is 0.227 e. The van der Waals surface area contributed by atoms with Crippen molar-refractivity contribution in [2.75, 3.05) is 0 Å². The summed E-state index contributed by atoms with van der Waals surface area (Å²) in [6.07, 6.45) is 0. The van der Waals surface area contributed by atoms with Crippen LogP contribution in [0.3, 0.4) is 0 Å². The highest BCUT2D eigenvalue weighted by molar-refractivity contribution is 7.03. The third-order valence-corrected chi connectivity index (χ3v) is 4.19. The van der Waals surface area contributed by atoms with Crippen LogP contribution in [0.15, 0.2) is 53.5 Å². The summed E-state index contributed by atoms with van der Waals surface area (Å²) >= 11 is 1.56. The first-order valence-corrected chi connectivity index (χ1v) is 7.63. The van der Waals surface area contributed by atoms with Gasteiger partial charge in [-0.15, -0.1) is 0 Å². The number of rotatable bonds is 2. The zero-order valence-corrected chi connectivity index (χ0v) is 13.2. The maximum atomic E-state index is 4.73. The standard InChI is InChI=1S/C17H17N3S/c1-12-8-7-9-13(2)15(12)18-17-19-16(20(3)21-17)14-10-5-4-6-11-14/h4-11H,1-3H3. The van der Waals surface area contributed by atoms with Crippen molar-refractivity contribution in [3.63, 3.8) is 0 Å². The zero-order chi connectivity index (χ0) is 14.8. The van der Waals surface area contributed by atoms with Crippen molar-refractivity contribution in [2.45, 2.75) is 13.8 Å². The second-order valence-electron chi connectivity index (χ2n) is 5.02. The van der Waals surface area contributed by atoms with Crippen molar-refractivity contribution in [1.29, 1.82) is 0 Å². The number of aryl methyl sites for hydroxylation is 3. The predicted octanol–water partition coefficient (Wildman–Crippen LogP) is 4.00. The lowest BCUT2D eigenvalue weighted by molar-refractivity contribution is 1.00. The van der Waals surface area contributed by atoms with E-state index in [1.807, 2.05) is 25.2 Å². The molecule has 3 nitrogen and oxygen atoms in total. The molecule has 0 aliphatic rings. The largest absolute Gasteiger partial charge is 0.281 e. The number of aromatic nitrogens is 2. The van der Waals surface area contributed by atoms with Gasteiger partial charge in [-0.2, -0.15) is 4.98 Å². The van der Waals surface area contributed by atoms with Gasteiger partial charge in [-0.05, 0) is 36.5 Å². The second-order valence-corrected chi connectivity index (χ2v) is 6.12. The monoisotopic (exact) mass is 295 g/mol. The lowest BCUT2D eigenvalue weighted by Crippen LogP contribution is -1.98. The van der Waals surface area contributed by atoms with Crippen molar-refractivity contribution >= 4 is 17.2 Å². The Morgan fingerprint density at radius 2 is 1.62 bits per heavy atom. The first-order valence-electron chi connectivity index (χ1n) is 6.86. The lowest BCUT2D eigenvalue weighted by Gasteiger charge is -2.01.